The van der Waals surface area contributed by atoms with Crippen LogP contribution < -0.4 is 9.47 Å². The number of hydrogen-bond acceptors (Lipinski definition) is 6. The van der Waals surface area contributed by atoms with E-state index < -0.39 is 14.2 Å². The minimum atomic E-state index is -2.16. The van der Waals surface area contributed by atoms with Crippen molar-refractivity contribution in [1.29, 1.82) is 0 Å². The van der Waals surface area contributed by atoms with E-state index in [1.54, 1.807) is 36.0 Å². The zero-order chi connectivity index (χ0) is 18.6. The molecule has 0 spiro atoms. The molecule has 2 rings (SSSR count). The molecule has 0 saturated carbocycles. The van der Waals surface area contributed by atoms with Gasteiger partial charge in [-0.3, -0.25) is 4.79 Å². The van der Waals surface area contributed by atoms with Gasteiger partial charge in [0.2, 0.25) is 6.79 Å². The number of carbonyl (C=O) groups is 2. The standard InChI is InChI=1S/C17H23NO5SSi/c1-6-21-16(19)13(18(17(20)24-2)25(3,4)5)9-12-7-8-14-15(10-12)23-11-22-14/h7-10H,6,11H2,1-5H3/b13-9-. The van der Waals surface area contributed by atoms with E-state index in [1.807, 2.05) is 25.7 Å². The van der Waals surface area contributed by atoms with Gasteiger partial charge in [-0.2, -0.15) is 0 Å². The van der Waals surface area contributed by atoms with Gasteiger partial charge < -0.3 is 18.8 Å². The van der Waals surface area contributed by atoms with Crippen molar-refractivity contribution in [3.05, 3.63) is 29.5 Å². The van der Waals surface area contributed by atoms with Gasteiger partial charge in [-0.15, -0.1) is 0 Å². The van der Waals surface area contributed by atoms with Gasteiger partial charge in [0.25, 0.3) is 5.24 Å². The van der Waals surface area contributed by atoms with E-state index in [9.17, 15) is 9.59 Å². The lowest BCUT2D eigenvalue weighted by atomic mass is 10.1. The van der Waals surface area contributed by atoms with Crippen LogP contribution in [0.15, 0.2) is 23.9 Å². The Morgan fingerprint density at radius 2 is 1.96 bits per heavy atom. The van der Waals surface area contributed by atoms with Crippen LogP contribution in [0.4, 0.5) is 4.79 Å². The largest absolute Gasteiger partial charge is 0.461 e. The van der Waals surface area contributed by atoms with Crippen LogP contribution in [0, 0.1) is 0 Å². The highest BCUT2D eigenvalue weighted by atomic mass is 32.2. The highest BCUT2D eigenvalue weighted by Crippen LogP contribution is 2.34. The van der Waals surface area contributed by atoms with Gasteiger partial charge in [0.15, 0.2) is 19.7 Å². The summed E-state index contributed by atoms with van der Waals surface area (Å²) in [7, 11) is -2.16. The molecule has 0 N–H and O–H groups in total. The highest BCUT2D eigenvalue weighted by molar-refractivity contribution is 8.13. The Hall–Kier alpha value is -1.93. The highest BCUT2D eigenvalue weighted by Gasteiger charge is 2.35. The third-order valence-electron chi connectivity index (χ3n) is 3.45. The number of rotatable bonds is 5. The maximum absolute atomic E-state index is 12.6. The first kappa shape index (κ1) is 19.4. The number of hydrogen-bond donors (Lipinski definition) is 0. The van der Waals surface area contributed by atoms with Gasteiger partial charge >= 0.3 is 5.97 Å². The van der Waals surface area contributed by atoms with Crippen molar-refractivity contribution in [2.24, 2.45) is 0 Å². The molecular formula is C17H23NO5SSi. The molecule has 1 aromatic carbocycles. The van der Waals surface area contributed by atoms with Gasteiger partial charge in [0.05, 0.1) is 6.61 Å². The van der Waals surface area contributed by atoms with Gasteiger partial charge in [0.1, 0.15) is 5.70 Å². The van der Waals surface area contributed by atoms with Gasteiger partial charge in [-0.1, -0.05) is 37.5 Å². The van der Waals surface area contributed by atoms with Crippen molar-refractivity contribution in [2.75, 3.05) is 19.7 Å². The molecule has 1 amide bonds. The molecule has 1 aromatic rings. The smallest absolute Gasteiger partial charge is 0.354 e. The molecule has 0 aromatic heterocycles. The summed E-state index contributed by atoms with van der Waals surface area (Å²) in [6.45, 7) is 8.18. The first-order valence-electron chi connectivity index (χ1n) is 7.94. The number of nitrogens with zero attached hydrogens (tertiary/aromatic N) is 1. The van der Waals surface area contributed by atoms with Crippen molar-refractivity contribution in [3.63, 3.8) is 0 Å². The van der Waals surface area contributed by atoms with Gasteiger partial charge in [-0.05, 0) is 37.0 Å². The predicted octanol–water partition coefficient (Wildman–Crippen LogP) is 3.94. The first-order valence-corrected chi connectivity index (χ1v) is 12.6. The minimum absolute atomic E-state index is 0.167. The Labute approximate surface area is 153 Å². The Balaban J connectivity index is 2.51. The summed E-state index contributed by atoms with van der Waals surface area (Å²) in [6.07, 6.45) is 3.38. The normalized spacial score (nSPS) is 13.6. The first-order chi connectivity index (χ1) is 11.8. The average molecular weight is 382 g/mol. The molecule has 0 saturated heterocycles. The maximum Gasteiger partial charge on any atom is 0.354 e. The predicted molar refractivity (Wildman–Crippen MR) is 101 cm³/mol. The van der Waals surface area contributed by atoms with Crippen LogP contribution >= 0.6 is 11.8 Å². The summed E-state index contributed by atoms with van der Waals surface area (Å²) in [5.74, 6) is 0.773. The lowest BCUT2D eigenvalue weighted by Gasteiger charge is -2.34. The topological polar surface area (TPSA) is 65.1 Å². The Morgan fingerprint density at radius 3 is 2.56 bits per heavy atom. The molecule has 1 heterocycles. The molecule has 0 aliphatic carbocycles. The van der Waals surface area contributed by atoms with Gasteiger partial charge in [0, 0.05) is 0 Å². The third-order valence-corrected chi connectivity index (χ3v) is 5.93. The molecule has 136 valence electrons. The van der Waals surface area contributed by atoms with E-state index in [0.29, 0.717) is 11.5 Å². The fourth-order valence-electron chi connectivity index (χ4n) is 2.41. The van der Waals surface area contributed by atoms with Crippen LogP contribution in [-0.2, 0) is 9.53 Å². The fourth-order valence-corrected chi connectivity index (χ4v) is 5.21. The Morgan fingerprint density at radius 1 is 1.28 bits per heavy atom. The molecule has 0 atom stereocenters. The van der Waals surface area contributed by atoms with E-state index in [-0.39, 0.29) is 24.3 Å². The lowest BCUT2D eigenvalue weighted by molar-refractivity contribution is -0.139. The zero-order valence-corrected chi connectivity index (χ0v) is 16.9. The summed E-state index contributed by atoms with van der Waals surface area (Å²) in [4.78, 5) is 25.1. The van der Waals surface area contributed by atoms with E-state index >= 15 is 0 Å². The molecular weight excluding hydrogens is 358 g/mol. The number of thioether (sulfide) groups is 1. The number of esters is 1. The molecule has 8 heteroatoms. The lowest BCUT2D eigenvalue weighted by Crippen LogP contribution is -2.49. The second-order valence-electron chi connectivity index (χ2n) is 6.34. The summed E-state index contributed by atoms with van der Waals surface area (Å²) >= 11 is 1.08. The van der Waals surface area contributed by atoms with Crippen molar-refractivity contribution in [3.8, 4) is 11.5 Å². The van der Waals surface area contributed by atoms with E-state index in [0.717, 1.165) is 17.3 Å². The van der Waals surface area contributed by atoms with E-state index in [4.69, 9.17) is 14.2 Å². The number of benzene rings is 1. The summed E-state index contributed by atoms with van der Waals surface area (Å²) in [6, 6.07) is 5.39. The second kappa shape index (κ2) is 7.96. The third kappa shape index (κ3) is 4.58. The molecule has 6 nitrogen and oxygen atoms in total. The summed E-state index contributed by atoms with van der Waals surface area (Å²) in [5.41, 5.74) is 0.990. The quantitative estimate of drug-likeness (QED) is 0.437. The molecule has 0 bridgehead atoms. The summed E-state index contributed by atoms with van der Waals surface area (Å²) < 4.78 is 17.5. The van der Waals surface area contributed by atoms with E-state index in [2.05, 4.69) is 0 Å². The van der Waals surface area contributed by atoms with Crippen LogP contribution in [0.5, 0.6) is 11.5 Å². The molecule has 25 heavy (non-hydrogen) atoms. The fraction of sp³-hybridized carbons (Fsp3) is 0.412. The Bertz CT molecular complexity index is 699. The SMILES string of the molecule is CCOC(=O)/C(=C/c1ccc2c(c1)OCO2)N(C(=O)SC)[Si](C)(C)C. The molecule has 1 aliphatic heterocycles. The van der Waals surface area contributed by atoms with Crippen molar-refractivity contribution < 1.29 is 23.8 Å². The second-order valence-corrected chi connectivity index (χ2v) is 11.9. The molecule has 0 radical (unpaired) electrons. The van der Waals surface area contributed by atoms with Crippen LogP contribution in [0.25, 0.3) is 6.08 Å². The number of ether oxygens (including phenoxy) is 3. The summed E-state index contributed by atoms with van der Waals surface area (Å²) in [5, 5.41) is -0.167. The number of carbonyl (C=O) groups excluding carboxylic acids is 2. The van der Waals surface area contributed by atoms with Crippen molar-refractivity contribution in [2.45, 2.75) is 26.6 Å². The monoisotopic (exact) mass is 381 g/mol. The maximum atomic E-state index is 12.6. The van der Waals surface area contributed by atoms with Gasteiger partial charge in [-0.25, -0.2) is 4.79 Å². The number of fused-ring (bicyclic) bond motifs is 1. The zero-order valence-electron chi connectivity index (χ0n) is 15.1. The Kier molecular flexibility index (Phi) is 6.18. The molecule has 0 unspecified atom stereocenters. The van der Waals surface area contributed by atoms with Crippen molar-refractivity contribution >= 4 is 37.3 Å². The molecule has 0 fully saturated rings. The van der Waals surface area contributed by atoms with Crippen LogP contribution in [0.1, 0.15) is 12.5 Å². The minimum Gasteiger partial charge on any atom is -0.461 e. The molecule has 1 aliphatic rings. The van der Waals surface area contributed by atoms with Crippen molar-refractivity contribution in [1.82, 2.24) is 4.57 Å². The van der Waals surface area contributed by atoms with E-state index in [1.165, 1.54) is 0 Å². The van der Waals surface area contributed by atoms with Crippen LogP contribution in [0.2, 0.25) is 19.6 Å². The van der Waals surface area contributed by atoms with Crippen LogP contribution in [-0.4, -0.2) is 43.7 Å². The van der Waals surface area contributed by atoms with Crippen LogP contribution in [0.3, 0.4) is 0 Å². The average Bonchev–Trinajstić information content (AvgIpc) is 3.00. The number of amides is 1.